The summed E-state index contributed by atoms with van der Waals surface area (Å²) in [6.45, 7) is 7.11. The van der Waals surface area contributed by atoms with E-state index < -0.39 is 4.92 Å². The van der Waals surface area contributed by atoms with Gasteiger partial charge in [-0.2, -0.15) is 0 Å². The van der Waals surface area contributed by atoms with Crippen LogP contribution in [0.4, 0.5) is 28.4 Å². The zero-order chi connectivity index (χ0) is 20.8. The van der Waals surface area contributed by atoms with Crippen molar-refractivity contribution in [2.24, 2.45) is 10.2 Å². The van der Waals surface area contributed by atoms with Crippen molar-refractivity contribution in [3.05, 3.63) is 49.4 Å². The predicted octanol–water partition coefficient (Wildman–Crippen LogP) is 6.34. The minimum absolute atomic E-state index is 0.0924. The van der Waals surface area contributed by atoms with Crippen molar-refractivity contribution in [3.63, 3.8) is 0 Å². The molecule has 0 bridgehead atoms. The van der Waals surface area contributed by atoms with Gasteiger partial charge in [0.25, 0.3) is 5.69 Å². The number of hydrogen-bond acceptors (Lipinski definition) is 6. The van der Waals surface area contributed by atoms with Gasteiger partial charge in [0.05, 0.1) is 15.1 Å². The monoisotopic (exact) mass is 511 g/mol. The van der Waals surface area contributed by atoms with Crippen molar-refractivity contribution in [3.8, 4) is 0 Å². The molecule has 1 amide bonds. The molecule has 148 valence electrons. The number of nitrogens with one attached hydrogen (secondary N) is 1. The van der Waals surface area contributed by atoms with E-state index in [2.05, 4.69) is 52.3 Å². The highest BCUT2D eigenvalue weighted by Crippen LogP contribution is 2.40. The highest BCUT2D eigenvalue weighted by Gasteiger charge is 2.18. The van der Waals surface area contributed by atoms with Crippen LogP contribution >= 0.6 is 31.9 Å². The average Bonchev–Trinajstić information content (AvgIpc) is 2.62. The molecule has 10 heteroatoms. The summed E-state index contributed by atoms with van der Waals surface area (Å²) in [4.78, 5) is 24.5. The third kappa shape index (κ3) is 5.35. The Morgan fingerprint density at radius 3 is 2.43 bits per heavy atom. The van der Waals surface area contributed by atoms with Crippen molar-refractivity contribution in [2.45, 2.75) is 20.8 Å². The first-order valence-electron chi connectivity index (χ1n) is 8.48. The maximum absolute atomic E-state index is 11.6. The second-order valence-corrected chi connectivity index (χ2v) is 7.54. The molecule has 0 heterocycles. The lowest BCUT2D eigenvalue weighted by Gasteiger charge is -2.22. The number of amides is 1. The van der Waals surface area contributed by atoms with E-state index in [1.54, 1.807) is 12.1 Å². The van der Waals surface area contributed by atoms with Gasteiger partial charge in [0.2, 0.25) is 5.91 Å². The maximum Gasteiger partial charge on any atom is 0.299 e. The molecule has 0 saturated heterocycles. The first-order chi connectivity index (χ1) is 13.3. The number of anilines is 2. The number of carbonyl (C=O) groups is 1. The minimum Gasteiger partial charge on any atom is -0.372 e. The molecule has 2 aromatic rings. The van der Waals surface area contributed by atoms with Crippen LogP contribution in [0.5, 0.6) is 0 Å². The Balaban J connectivity index is 2.51. The highest BCUT2D eigenvalue weighted by molar-refractivity contribution is 9.11. The summed E-state index contributed by atoms with van der Waals surface area (Å²) in [5, 5.41) is 22.3. The van der Waals surface area contributed by atoms with Gasteiger partial charge in [-0.3, -0.25) is 14.9 Å². The summed E-state index contributed by atoms with van der Waals surface area (Å²) in [7, 11) is 0. The maximum atomic E-state index is 11.6. The van der Waals surface area contributed by atoms with E-state index in [1.807, 2.05) is 26.0 Å². The largest absolute Gasteiger partial charge is 0.372 e. The van der Waals surface area contributed by atoms with Gasteiger partial charge in [0.15, 0.2) is 5.69 Å². The predicted molar refractivity (Wildman–Crippen MR) is 117 cm³/mol. The standard InChI is InChI=1S/C18H19Br2N5O3/c1-4-24(5-2)13-6-7-15(16(10-13)21-11(3)26)22-23-18-14(20)8-12(19)9-17(18)25(27)28/h6-10H,4-5H2,1-3H3,(H,21,26). The fraction of sp³-hybridized carbons (Fsp3) is 0.278. The number of nitro groups is 1. The molecule has 8 nitrogen and oxygen atoms in total. The SMILES string of the molecule is CCN(CC)c1ccc(N=Nc2c(Br)cc(Br)cc2[N+](=O)[O-])c(NC(C)=O)c1. The molecule has 0 aromatic heterocycles. The first kappa shape index (κ1) is 22.0. The van der Waals surface area contributed by atoms with Crippen LogP contribution < -0.4 is 10.2 Å². The van der Waals surface area contributed by atoms with Crippen molar-refractivity contribution in [1.82, 2.24) is 0 Å². The summed E-state index contributed by atoms with van der Waals surface area (Å²) in [5.74, 6) is -0.246. The van der Waals surface area contributed by atoms with E-state index in [0.717, 1.165) is 18.8 Å². The van der Waals surface area contributed by atoms with Gasteiger partial charge in [0.1, 0.15) is 5.69 Å². The van der Waals surface area contributed by atoms with Gasteiger partial charge in [-0.05, 0) is 54.0 Å². The molecule has 0 aliphatic carbocycles. The zero-order valence-corrected chi connectivity index (χ0v) is 18.7. The van der Waals surface area contributed by atoms with Crippen LogP contribution in [0.25, 0.3) is 0 Å². The number of benzene rings is 2. The number of nitrogens with zero attached hydrogens (tertiary/aromatic N) is 4. The van der Waals surface area contributed by atoms with Gasteiger partial charge >= 0.3 is 0 Å². The Kier molecular flexibility index (Phi) is 7.64. The van der Waals surface area contributed by atoms with Crippen molar-refractivity contribution in [1.29, 1.82) is 0 Å². The lowest BCUT2D eigenvalue weighted by molar-refractivity contribution is -0.384. The summed E-state index contributed by atoms with van der Waals surface area (Å²) in [6.07, 6.45) is 0. The van der Waals surface area contributed by atoms with Crippen LogP contribution in [0.1, 0.15) is 20.8 Å². The van der Waals surface area contributed by atoms with E-state index >= 15 is 0 Å². The molecule has 28 heavy (non-hydrogen) atoms. The van der Waals surface area contributed by atoms with Crippen LogP contribution in [0.2, 0.25) is 0 Å². The molecule has 2 aromatic carbocycles. The molecule has 2 rings (SSSR count). The van der Waals surface area contributed by atoms with Gasteiger partial charge in [-0.15, -0.1) is 10.2 Å². The lowest BCUT2D eigenvalue weighted by Crippen LogP contribution is -2.21. The molecule has 0 spiro atoms. The third-order valence-electron chi connectivity index (χ3n) is 3.88. The van der Waals surface area contributed by atoms with E-state index in [0.29, 0.717) is 20.3 Å². The molecule has 0 fully saturated rings. The van der Waals surface area contributed by atoms with E-state index in [4.69, 9.17) is 0 Å². The Hall–Kier alpha value is -2.33. The fourth-order valence-corrected chi connectivity index (χ4v) is 3.86. The Morgan fingerprint density at radius 1 is 1.18 bits per heavy atom. The van der Waals surface area contributed by atoms with E-state index in [1.165, 1.54) is 13.0 Å². The molecule has 0 atom stereocenters. The van der Waals surface area contributed by atoms with Crippen LogP contribution in [-0.2, 0) is 4.79 Å². The number of halogens is 2. The summed E-state index contributed by atoms with van der Waals surface area (Å²) >= 11 is 6.51. The minimum atomic E-state index is -0.526. The van der Waals surface area contributed by atoms with Crippen molar-refractivity contribution < 1.29 is 9.72 Å². The van der Waals surface area contributed by atoms with E-state index in [-0.39, 0.29) is 17.3 Å². The third-order valence-corrected chi connectivity index (χ3v) is 4.94. The Morgan fingerprint density at radius 2 is 1.86 bits per heavy atom. The van der Waals surface area contributed by atoms with Gasteiger partial charge in [-0.1, -0.05) is 15.9 Å². The van der Waals surface area contributed by atoms with Gasteiger partial charge < -0.3 is 10.2 Å². The molecule has 0 radical (unpaired) electrons. The molecule has 0 aliphatic heterocycles. The highest BCUT2D eigenvalue weighted by atomic mass is 79.9. The second kappa shape index (κ2) is 9.74. The Labute approximate surface area is 179 Å². The smallest absolute Gasteiger partial charge is 0.299 e. The lowest BCUT2D eigenvalue weighted by atomic mass is 10.2. The van der Waals surface area contributed by atoms with Crippen LogP contribution in [-0.4, -0.2) is 23.9 Å². The van der Waals surface area contributed by atoms with Crippen molar-refractivity contribution in [2.75, 3.05) is 23.3 Å². The van der Waals surface area contributed by atoms with Gasteiger partial charge in [0, 0.05) is 36.2 Å². The van der Waals surface area contributed by atoms with Crippen LogP contribution in [0, 0.1) is 10.1 Å². The molecule has 0 unspecified atom stereocenters. The Bertz CT molecular complexity index is 930. The fourth-order valence-electron chi connectivity index (χ4n) is 2.58. The number of azo groups is 1. The average molecular weight is 513 g/mol. The number of rotatable bonds is 7. The number of hydrogen-bond donors (Lipinski definition) is 1. The van der Waals surface area contributed by atoms with Crippen LogP contribution in [0.15, 0.2) is 49.5 Å². The summed E-state index contributed by atoms with van der Waals surface area (Å²) in [5.41, 5.74) is 1.72. The molecular weight excluding hydrogens is 494 g/mol. The molecular formula is C18H19Br2N5O3. The number of carbonyl (C=O) groups excluding carboxylic acids is 1. The van der Waals surface area contributed by atoms with Crippen molar-refractivity contribution >= 4 is 66.2 Å². The topological polar surface area (TPSA) is 100 Å². The molecule has 0 aliphatic rings. The van der Waals surface area contributed by atoms with E-state index in [9.17, 15) is 14.9 Å². The number of nitro benzene ring substituents is 1. The normalized spacial score (nSPS) is 10.9. The van der Waals surface area contributed by atoms with Gasteiger partial charge in [-0.25, -0.2) is 0 Å². The molecule has 1 N–H and O–H groups in total. The zero-order valence-electron chi connectivity index (χ0n) is 15.6. The first-order valence-corrected chi connectivity index (χ1v) is 10.1. The quantitative estimate of drug-likeness (QED) is 0.265. The summed E-state index contributed by atoms with van der Waals surface area (Å²) < 4.78 is 0.977. The van der Waals surface area contributed by atoms with Crippen LogP contribution in [0.3, 0.4) is 0 Å². The molecule has 0 saturated carbocycles. The summed E-state index contributed by atoms with van der Waals surface area (Å²) in [6, 6.07) is 8.42. The second-order valence-electron chi connectivity index (χ2n) is 5.77.